The molecule has 39 heavy (non-hydrogen) atoms. The van der Waals surface area contributed by atoms with E-state index in [0.29, 0.717) is 31.1 Å². The molecule has 0 atom stereocenters. The molecule has 4 saturated carbocycles. The molecule has 0 saturated heterocycles. The average molecular weight is 536 g/mol. The largest absolute Gasteiger partial charge is 0.464 e. The smallest absolute Gasteiger partial charge is 0.318 e. The normalized spacial score (nSPS) is 26.2. The quantitative estimate of drug-likeness (QED) is 0.460. The molecular weight excluding hydrogens is 494 g/mol. The summed E-state index contributed by atoms with van der Waals surface area (Å²) in [4.78, 5) is 31.1. The van der Waals surface area contributed by atoms with Gasteiger partial charge in [0, 0.05) is 18.6 Å². The van der Waals surface area contributed by atoms with E-state index in [2.05, 4.69) is 19.2 Å². The van der Waals surface area contributed by atoms with Crippen molar-refractivity contribution in [2.24, 2.45) is 23.7 Å². The van der Waals surface area contributed by atoms with Crippen LogP contribution in [0.15, 0.2) is 34.7 Å². The van der Waals surface area contributed by atoms with Crippen molar-refractivity contribution in [2.75, 3.05) is 19.9 Å². The van der Waals surface area contributed by atoms with E-state index < -0.39 is 0 Å². The molecule has 1 aromatic carbocycles. The van der Waals surface area contributed by atoms with Gasteiger partial charge in [-0.15, -0.1) is 0 Å². The second kappa shape index (κ2) is 10.4. The number of ether oxygens (including phenoxy) is 2. The second-order valence-corrected chi connectivity index (χ2v) is 12.9. The SMILES string of the molecule is Cc1ccc(CN(Cc2ccc3c(c2)OCO3)C(=O)CN(CC(C)C)C(=O)NC23CC4CC(CC(C4)C2)C3)o1. The number of furan rings is 1. The molecule has 7 rings (SSSR count). The number of aryl methyl sites for hydroxylation is 1. The number of benzene rings is 1. The lowest BCUT2D eigenvalue weighted by Gasteiger charge is -2.57. The molecule has 5 aliphatic rings. The lowest BCUT2D eigenvalue weighted by Crippen LogP contribution is -2.62. The Morgan fingerprint density at radius 1 is 0.949 bits per heavy atom. The Labute approximate surface area is 231 Å². The maximum atomic E-state index is 13.9. The first-order valence-electron chi connectivity index (χ1n) is 14.5. The van der Waals surface area contributed by atoms with Crippen molar-refractivity contribution in [3.8, 4) is 11.5 Å². The molecule has 2 aromatic rings. The molecule has 1 aliphatic heterocycles. The monoisotopic (exact) mass is 535 g/mol. The van der Waals surface area contributed by atoms with Crippen LogP contribution in [-0.4, -0.2) is 47.2 Å². The van der Waals surface area contributed by atoms with Crippen LogP contribution in [-0.2, 0) is 17.9 Å². The summed E-state index contributed by atoms with van der Waals surface area (Å²) in [6.45, 7) is 7.54. The van der Waals surface area contributed by atoms with Crippen LogP contribution in [0.25, 0.3) is 0 Å². The van der Waals surface area contributed by atoms with E-state index in [1.165, 1.54) is 19.3 Å². The number of fused-ring (bicyclic) bond motifs is 1. The van der Waals surface area contributed by atoms with Gasteiger partial charge in [-0.25, -0.2) is 4.79 Å². The van der Waals surface area contributed by atoms with E-state index in [4.69, 9.17) is 13.9 Å². The predicted octanol–water partition coefficient (Wildman–Crippen LogP) is 5.48. The van der Waals surface area contributed by atoms with Gasteiger partial charge < -0.3 is 29.0 Å². The summed E-state index contributed by atoms with van der Waals surface area (Å²) in [6, 6.07) is 9.45. The highest BCUT2D eigenvalue weighted by Gasteiger charge is 2.52. The molecule has 3 amide bonds. The number of hydrogen-bond acceptors (Lipinski definition) is 5. The molecule has 0 unspecified atom stereocenters. The van der Waals surface area contributed by atoms with Crippen LogP contribution in [0.5, 0.6) is 11.5 Å². The molecule has 0 spiro atoms. The summed E-state index contributed by atoms with van der Waals surface area (Å²) >= 11 is 0. The van der Waals surface area contributed by atoms with Crippen LogP contribution in [0.3, 0.4) is 0 Å². The standard InChI is InChI=1S/C31H41N3O5/c1-20(2)15-34(30(36)32-31-12-23-8-24(13-31)10-25(9-23)14-31)18-29(35)33(17-26-6-4-21(3)39-26)16-22-5-7-27-28(11-22)38-19-37-27/h4-7,11,20,23-25H,8-10,12-19H2,1-3H3,(H,32,36). The van der Waals surface area contributed by atoms with E-state index in [1.807, 2.05) is 37.3 Å². The van der Waals surface area contributed by atoms with Crippen molar-refractivity contribution in [2.45, 2.75) is 77.9 Å². The van der Waals surface area contributed by atoms with Crippen LogP contribution < -0.4 is 14.8 Å². The lowest BCUT2D eigenvalue weighted by atomic mass is 9.53. The van der Waals surface area contributed by atoms with Gasteiger partial charge in [0.2, 0.25) is 12.7 Å². The van der Waals surface area contributed by atoms with Crippen molar-refractivity contribution in [1.29, 1.82) is 0 Å². The number of urea groups is 1. The van der Waals surface area contributed by atoms with Crippen LogP contribution in [0.4, 0.5) is 4.79 Å². The summed E-state index contributed by atoms with van der Waals surface area (Å²) in [5, 5.41) is 3.47. The Balaban J connectivity index is 1.18. The summed E-state index contributed by atoms with van der Waals surface area (Å²) in [5.74, 6) is 5.28. The average Bonchev–Trinajstić information content (AvgIpc) is 3.50. The molecule has 4 bridgehead atoms. The fourth-order valence-electron chi connectivity index (χ4n) is 7.74. The number of hydrogen-bond donors (Lipinski definition) is 1. The van der Waals surface area contributed by atoms with Gasteiger partial charge in [0.15, 0.2) is 11.5 Å². The first kappa shape index (κ1) is 26.1. The van der Waals surface area contributed by atoms with Crippen molar-refractivity contribution in [3.05, 3.63) is 47.4 Å². The molecule has 210 valence electrons. The summed E-state index contributed by atoms with van der Waals surface area (Å²) in [5.41, 5.74) is 0.839. The second-order valence-electron chi connectivity index (χ2n) is 12.9. The van der Waals surface area contributed by atoms with Crippen molar-refractivity contribution in [1.82, 2.24) is 15.1 Å². The van der Waals surface area contributed by atoms with E-state index in [1.54, 1.807) is 9.80 Å². The van der Waals surface area contributed by atoms with E-state index in [-0.39, 0.29) is 36.7 Å². The molecule has 8 nitrogen and oxygen atoms in total. The zero-order chi connectivity index (χ0) is 27.1. The van der Waals surface area contributed by atoms with E-state index in [0.717, 1.165) is 54.1 Å². The summed E-state index contributed by atoms with van der Waals surface area (Å²) < 4.78 is 16.8. The highest BCUT2D eigenvalue weighted by Crippen LogP contribution is 2.55. The highest BCUT2D eigenvalue weighted by atomic mass is 16.7. The minimum atomic E-state index is -0.108. The van der Waals surface area contributed by atoms with Gasteiger partial charge in [-0.3, -0.25) is 4.79 Å². The van der Waals surface area contributed by atoms with Crippen LogP contribution >= 0.6 is 0 Å². The fraction of sp³-hybridized carbons (Fsp3) is 0.613. The highest BCUT2D eigenvalue weighted by molar-refractivity contribution is 5.84. The lowest BCUT2D eigenvalue weighted by molar-refractivity contribution is -0.133. The maximum absolute atomic E-state index is 13.9. The molecule has 4 aliphatic carbocycles. The third kappa shape index (κ3) is 5.75. The Morgan fingerprint density at radius 2 is 1.64 bits per heavy atom. The molecule has 8 heteroatoms. The number of nitrogens with zero attached hydrogens (tertiary/aromatic N) is 2. The molecular formula is C31H41N3O5. The molecule has 0 radical (unpaired) electrons. The minimum Gasteiger partial charge on any atom is -0.464 e. The predicted molar refractivity (Wildman–Crippen MR) is 146 cm³/mol. The van der Waals surface area contributed by atoms with E-state index >= 15 is 0 Å². The number of nitrogens with one attached hydrogen (secondary N) is 1. The first-order valence-corrected chi connectivity index (χ1v) is 14.5. The number of rotatable bonds is 9. The minimum absolute atomic E-state index is 0.0284. The van der Waals surface area contributed by atoms with Crippen molar-refractivity contribution < 1.29 is 23.5 Å². The summed E-state index contributed by atoms with van der Waals surface area (Å²) in [7, 11) is 0. The van der Waals surface area contributed by atoms with Gasteiger partial charge in [-0.1, -0.05) is 19.9 Å². The van der Waals surface area contributed by atoms with Crippen molar-refractivity contribution in [3.63, 3.8) is 0 Å². The van der Waals surface area contributed by atoms with Gasteiger partial charge in [-0.2, -0.15) is 0 Å². The Hall–Kier alpha value is -3.16. The molecule has 4 fully saturated rings. The van der Waals surface area contributed by atoms with Crippen LogP contribution in [0.1, 0.15) is 69.5 Å². The van der Waals surface area contributed by atoms with Crippen LogP contribution in [0.2, 0.25) is 0 Å². The third-order valence-electron chi connectivity index (χ3n) is 8.92. The Bertz CT molecular complexity index is 1190. The summed E-state index contributed by atoms with van der Waals surface area (Å²) in [6.07, 6.45) is 7.23. The van der Waals surface area contributed by atoms with Gasteiger partial charge in [0.05, 0.1) is 6.54 Å². The topological polar surface area (TPSA) is 84.2 Å². The first-order chi connectivity index (χ1) is 18.7. The Kier molecular flexibility index (Phi) is 6.98. The maximum Gasteiger partial charge on any atom is 0.318 e. The van der Waals surface area contributed by atoms with Crippen LogP contribution in [0, 0.1) is 30.6 Å². The molecule has 2 heterocycles. The molecule has 1 aromatic heterocycles. The van der Waals surface area contributed by atoms with Gasteiger partial charge >= 0.3 is 6.03 Å². The zero-order valence-electron chi connectivity index (χ0n) is 23.4. The zero-order valence-corrected chi connectivity index (χ0v) is 23.4. The third-order valence-corrected chi connectivity index (χ3v) is 8.92. The number of carbonyl (C=O) groups is 2. The fourth-order valence-corrected chi connectivity index (χ4v) is 7.74. The van der Waals surface area contributed by atoms with Gasteiger partial charge in [-0.05, 0) is 98.9 Å². The van der Waals surface area contributed by atoms with Gasteiger partial charge in [0.1, 0.15) is 18.1 Å². The van der Waals surface area contributed by atoms with E-state index in [9.17, 15) is 9.59 Å². The molecule has 1 N–H and O–H groups in total. The number of carbonyl (C=O) groups excluding carboxylic acids is 2. The van der Waals surface area contributed by atoms with Crippen molar-refractivity contribution >= 4 is 11.9 Å². The number of amides is 3. The Morgan fingerprint density at radius 3 is 2.28 bits per heavy atom. The van der Waals surface area contributed by atoms with Gasteiger partial charge in [0.25, 0.3) is 0 Å².